The summed E-state index contributed by atoms with van der Waals surface area (Å²) in [6.45, 7) is 8.51. The van der Waals surface area contributed by atoms with Crippen LogP contribution in [0.5, 0.6) is 0 Å². The largest absolute Gasteiger partial charge is 0.315 e. The van der Waals surface area contributed by atoms with Crippen LogP contribution in [0.3, 0.4) is 0 Å². The molecule has 3 nitrogen and oxygen atoms in total. The van der Waals surface area contributed by atoms with Gasteiger partial charge in [0.2, 0.25) is 0 Å². The van der Waals surface area contributed by atoms with Gasteiger partial charge in [-0.15, -0.1) is 0 Å². The Morgan fingerprint density at radius 3 is 2.79 bits per heavy atom. The molecular weight excluding hydrogens is 174 g/mol. The average molecular weight is 197 g/mol. The average Bonchev–Trinajstić information content (AvgIpc) is 2.23. The summed E-state index contributed by atoms with van der Waals surface area (Å²) in [5, 5.41) is 3.50. The molecule has 0 saturated carbocycles. The molecule has 0 radical (unpaired) electrons. The molecule has 0 bridgehead atoms. The van der Waals surface area contributed by atoms with Crippen molar-refractivity contribution in [2.75, 3.05) is 39.8 Å². The van der Waals surface area contributed by atoms with Crippen LogP contribution in [-0.2, 0) is 0 Å². The van der Waals surface area contributed by atoms with Crippen molar-refractivity contribution in [2.45, 2.75) is 31.8 Å². The first-order valence-corrected chi connectivity index (χ1v) is 5.92. The highest BCUT2D eigenvalue weighted by Crippen LogP contribution is 2.15. The third-order valence-corrected chi connectivity index (χ3v) is 3.78. The minimum Gasteiger partial charge on any atom is -0.315 e. The van der Waals surface area contributed by atoms with Gasteiger partial charge in [0.25, 0.3) is 0 Å². The molecule has 2 atom stereocenters. The van der Waals surface area contributed by atoms with E-state index in [0.29, 0.717) is 0 Å². The number of rotatable bonds is 1. The molecule has 2 rings (SSSR count). The first-order valence-electron chi connectivity index (χ1n) is 5.92. The molecule has 0 aliphatic carbocycles. The van der Waals surface area contributed by atoms with Gasteiger partial charge in [-0.3, -0.25) is 4.90 Å². The molecule has 2 heterocycles. The number of nitrogens with one attached hydrogen (secondary N) is 1. The van der Waals surface area contributed by atoms with Crippen LogP contribution in [0.4, 0.5) is 0 Å². The summed E-state index contributed by atoms with van der Waals surface area (Å²) in [4.78, 5) is 5.14. The maximum atomic E-state index is 3.50. The van der Waals surface area contributed by atoms with Crippen LogP contribution in [0.25, 0.3) is 0 Å². The van der Waals surface area contributed by atoms with Gasteiger partial charge < -0.3 is 10.2 Å². The fourth-order valence-corrected chi connectivity index (χ4v) is 2.55. The van der Waals surface area contributed by atoms with Crippen molar-refractivity contribution in [2.24, 2.45) is 0 Å². The van der Waals surface area contributed by atoms with Crippen molar-refractivity contribution < 1.29 is 0 Å². The van der Waals surface area contributed by atoms with Crippen LogP contribution in [-0.4, -0.2) is 61.7 Å². The Bertz CT molecular complexity index is 177. The molecule has 82 valence electrons. The lowest BCUT2D eigenvalue weighted by Gasteiger charge is -2.43. The van der Waals surface area contributed by atoms with Crippen LogP contribution >= 0.6 is 0 Å². The zero-order valence-corrected chi connectivity index (χ0v) is 9.50. The van der Waals surface area contributed by atoms with E-state index in [1.807, 2.05) is 0 Å². The maximum Gasteiger partial charge on any atom is 0.0222 e. The fourth-order valence-electron chi connectivity index (χ4n) is 2.55. The number of nitrogens with zero attached hydrogens (tertiary/aromatic N) is 2. The first-order chi connectivity index (χ1) is 6.77. The Balaban J connectivity index is 1.85. The zero-order valence-electron chi connectivity index (χ0n) is 9.50. The number of hydrogen-bond donors (Lipinski definition) is 1. The molecule has 0 aromatic rings. The molecule has 2 unspecified atom stereocenters. The highest BCUT2D eigenvalue weighted by molar-refractivity contribution is 4.84. The zero-order chi connectivity index (χ0) is 9.97. The Morgan fingerprint density at radius 1 is 1.29 bits per heavy atom. The number of piperazine rings is 1. The van der Waals surface area contributed by atoms with Gasteiger partial charge in [0.15, 0.2) is 0 Å². The summed E-state index contributed by atoms with van der Waals surface area (Å²) in [6.07, 6.45) is 2.74. The smallest absolute Gasteiger partial charge is 0.0222 e. The van der Waals surface area contributed by atoms with Gasteiger partial charge in [-0.05, 0) is 33.4 Å². The summed E-state index contributed by atoms with van der Waals surface area (Å²) in [5.74, 6) is 0. The molecule has 0 aromatic heterocycles. The van der Waals surface area contributed by atoms with E-state index < -0.39 is 0 Å². The van der Waals surface area contributed by atoms with Crippen LogP contribution in [0.1, 0.15) is 19.8 Å². The summed E-state index contributed by atoms with van der Waals surface area (Å²) >= 11 is 0. The second kappa shape index (κ2) is 4.60. The lowest BCUT2D eigenvalue weighted by molar-refractivity contribution is 0.0624. The summed E-state index contributed by atoms with van der Waals surface area (Å²) in [7, 11) is 2.24. The Kier molecular flexibility index (Phi) is 3.42. The summed E-state index contributed by atoms with van der Waals surface area (Å²) in [6, 6.07) is 1.53. The van der Waals surface area contributed by atoms with Gasteiger partial charge in [0.05, 0.1) is 0 Å². The van der Waals surface area contributed by atoms with Crippen LogP contribution in [0.15, 0.2) is 0 Å². The SMILES string of the molecule is CC1CN(C2CCCNC2)CCN1C. The molecule has 2 saturated heterocycles. The molecule has 2 fully saturated rings. The minimum absolute atomic E-state index is 0.727. The van der Waals surface area contributed by atoms with Gasteiger partial charge in [-0.2, -0.15) is 0 Å². The molecule has 0 aromatic carbocycles. The third-order valence-electron chi connectivity index (χ3n) is 3.78. The van der Waals surface area contributed by atoms with Crippen molar-refractivity contribution in [1.29, 1.82) is 0 Å². The van der Waals surface area contributed by atoms with Gasteiger partial charge in [-0.25, -0.2) is 0 Å². The second-order valence-electron chi connectivity index (χ2n) is 4.82. The van der Waals surface area contributed by atoms with Gasteiger partial charge >= 0.3 is 0 Å². The van der Waals surface area contributed by atoms with Crippen molar-refractivity contribution >= 4 is 0 Å². The molecule has 2 aliphatic heterocycles. The van der Waals surface area contributed by atoms with E-state index in [1.54, 1.807) is 0 Å². The quantitative estimate of drug-likeness (QED) is 0.655. The maximum absolute atomic E-state index is 3.50. The van der Waals surface area contributed by atoms with E-state index in [1.165, 1.54) is 45.6 Å². The highest BCUT2D eigenvalue weighted by atomic mass is 15.3. The van der Waals surface area contributed by atoms with E-state index in [-0.39, 0.29) is 0 Å². The number of likely N-dealkylation sites (N-methyl/N-ethyl adjacent to an activating group) is 1. The predicted octanol–water partition coefficient (Wildman–Crippen LogP) is 0.374. The van der Waals surface area contributed by atoms with Crippen molar-refractivity contribution in [3.05, 3.63) is 0 Å². The summed E-state index contributed by atoms with van der Waals surface area (Å²) in [5.41, 5.74) is 0. The van der Waals surface area contributed by atoms with E-state index in [2.05, 4.69) is 29.1 Å². The third kappa shape index (κ3) is 2.27. The normalized spacial score (nSPS) is 37.3. The Labute approximate surface area is 87.4 Å². The molecule has 14 heavy (non-hydrogen) atoms. The standard InChI is InChI=1S/C11H23N3/c1-10-9-14(7-6-13(10)2)11-4-3-5-12-8-11/h10-12H,3-9H2,1-2H3. The van der Waals surface area contributed by atoms with Crippen molar-refractivity contribution in [1.82, 2.24) is 15.1 Å². The molecule has 0 amide bonds. The molecular formula is C11H23N3. The predicted molar refractivity (Wildman–Crippen MR) is 59.6 cm³/mol. The molecule has 0 spiro atoms. The number of hydrogen-bond acceptors (Lipinski definition) is 3. The van der Waals surface area contributed by atoms with Gasteiger partial charge in [-0.1, -0.05) is 0 Å². The van der Waals surface area contributed by atoms with Gasteiger partial charge in [0, 0.05) is 38.3 Å². The van der Waals surface area contributed by atoms with Crippen molar-refractivity contribution in [3.8, 4) is 0 Å². The van der Waals surface area contributed by atoms with Gasteiger partial charge in [0.1, 0.15) is 0 Å². The topological polar surface area (TPSA) is 18.5 Å². The van der Waals surface area contributed by atoms with Crippen LogP contribution in [0.2, 0.25) is 0 Å². The fraction of sp³-hybridized carbons (Fsp3) is 1.00. The second-order valence-corrected chi connectivity index (χ2v) is 4.82. The van der Waals surface area contributed by atoms with Crippen LogP contribution < -0.4 is 5.32 Å². The molecule has 1 N–H and O–H groups in total. The Morgan fingerprint density at radius 2 is 2.14 bits per heavy atom. The van der Waals surface area contributed by atoms with E-state index in [4.69, 9.17) is 0 Å². The molecule has 3 heteroatoms. The van der Waals surface area contributed by atoms with E-state index >= 15 is 0 Å². The van der Waals surface area contributed by atoms with Crippen LogP contribution in [0, 0.1) is 0 Å². The van der Waals surface area contributed by atoms with E-state index in [9.17, 15) is 0 Å². The monoisotopic (exact) mass is 197 g/mol. The van der Waals surface area contributed by atoms with Crippen molar-refractivity contribution in [3.63, 3.8) is 0 Å². The number of piperidine rings is 1. The first kappa shape index (κ1) is 10.4. The highest BCUT2D eigenvalue weighted by Gasteiger charge is 2.27. The van der Waals surface area contributed by atoms with E-state index in [0.717, 1.165) is 12.1 Å². The molecule has 2 aliphatic rings. The minimum atomic E-state index is 0.727. The Hall–Kier alpha value is -0.120. The lowest BCUT2D eigenvalue weighted by atomic mass is 10.0. The lowest BCUT2D eigenvalue weighted by Crippen LogP contribution is -2.56. The summed E-state index contributed by atoms with van der Waals surface area (Å²) < 4.78 is 0.